The first-order chi connectivity index (χ1) is 23.2. The van der Waals surface area contributed by atoms with Crippen molar-refractivity contribution in [3.8, 4) is 34.1 Å². The predicted octanol–water partition coefficient (Wildman–Crippen LogP) is 6.58. The van der Waals surface area contributed by atoms with Crippen molar-refractivity contribution in [3.63, 3.8) is 0 Å². The first kappa shape index (κ1) is 35.8. The second-order valence-electron chi connectivity index (χ2n) is 12.1. The number of aliphatic hydroxyl groups is 1. The lowest BCUT2D eigenvalue weighted by Gasteiger charge is -2.26. The Kier molecular flexibility index (Phi) is 12.5. The monoisotopic (exact) mass is 692 g/mol. The molecule has 0 fully saturated rings. The van der Waals surface area contributed by atoms with Crippen LogP contribution in [-0.4, -0.2) is 65.4 Å². The summed E-state index contributed by atoms with van der Waals surface area (Å²) >= 11 is 0. The second kappa shape index (κ2) is 16.8. The molecule has 3 atom stereocenters. The summed E-state index contributed by atoms with van der Waals surface area (Å²) in [5.41, 5.74) is 5.05. The lowest BCUT2D eigenvalue weighted by Crippen LogP contribution is -2.29. The van der Waals surface area contributed by atoms with Crippen molar-refractivity contribution in [1.82, 2.24) is 10.6 Å². The molecule has 4 aromatic carbocycles. The lowest BCUT2D eigenvalue weighted by molar-refractivity contribution is -0.124. The summed E-state index contributed by atoms with van der Waals surface area (Å²) in [7, 11) is 8.31. The molecule has 0 spiro atoms. The Morgan fingerprint density at radius 2 is 1.75 bits per heavy atom. The fraction of sp³-hybridized carbons (Fsp3) is 0.378. The molecule has 0 saturated carbocycles. The number of ketones is 1. The van der Waals surface area contributed by atoms with Gasteiger partial charge < -0.3 is 35.2 Å². The van der Waals surface area contributed by atoms with E-state index in [-0.39, 0.29) is 35.9 Å². The number of rotatable bonds is 7. The van der Waals surface area contributed by atoms with Gasteiger partial charge in [0.1, 0.15) is 23.5 Å². The average molecular weight is 693 g/mol. The molecule has 0 amide bonds. The number of benzene rings is 4. The van der Waals surface area contributed by atoms with Gasteiger partial charge in [-0.3, -0.25) is 10.1 Å². The molecule has 0 aromatic heterocycles. The summed E-state index contributed by atoms with van der Waals surface area (Å²) in [6.45, 7) is 0.578. The van der Waals surface area contributed by atoms with Crippen LogP contribution < -0.4 is 15.4 Å². The number of hydrogen-bond acceptors (Lipinski definition) is 11. The van der Waals surface area contributed by atoms with Crippen molar-refractivity contribution >= 4 is 38.1 Å². The van der Waals surface area contributed by atoms with E-state index in [0.717, 1.165) is 38.6 Å². The van der Waals surface area contributed by atoms with Gasteiger partial charge in [0.15, 0.2) is 11.5 Å². The summed E-state index contributed by atoms with van der Waals surface area (Å²) in [5.74, 6) is 1.68. The van der Waals surface area contributed by atoms with Crippen molar-refractivity contribution in [1.29, 1.82) is 0 Å². The maximum absolute atomic E-state index is 13.6. The molecule has 0 radical (unpaired) electrons. The maximum atomic E-state index is 13.6. The van der Waals surface area contributed by atoms with E-state index < -0.39 is 18.4 Å². The highest BCUT2D eigenvalue weighted by Gasteiger charge is 2.25. The third-order valence-corrected chi connectivity index (χ3v) is 10.9. The van der Waals surface area contributed by atoms with Gasteiger partial charge in [-0.2, -0.15) is 0 Å². The Labute approximate surface area is 289 Å². The number of ether oxygens (including phenoxy) is 2. The van der Waals surface area contributed by atoms with Gasteiger partial charge in [0.05, 0.1) is 19.3 Å². The number of aromatic hydroxyl groups is 3. The predicted molar refractivity (Wildman–Crippen MR) is 194 cm³/mol. The normalized spacial score (nSPS) is 18.6. The molecule has 9 nitrogen and oxygen atoms in total. The van der Waals surface area contributed by atoms with Crippen LogP contribution in [0.4, 0.5) is 0 Å². The lowest BCUT2D eigenvalue weighted by atomic mass is 9.89. The second-order valence-corrected chi connectivity index (χ2v) is 14.6. The molecular weight excluding hydrogens is 649 g/mol. The zero-order valence-corrected chi connectivity index (χ0v) is 29.1. The fourth-order valence-corrected chi connectivity index (χ4v) is 8.58. The summed E-state index contributed by atoms with van der Waals surface area (Å²) in [6, 6.07) is 18.0. The van der Waals surface area contributed by atoms with Gasteiger partial charge in [-0.15, -0.1) is 0 Å². The molecule has 1 aliphatic rings. The highest BCUT2D eigenvalue weighted by Crippen LogP contribution is 2.45. The Balaban J connectivity index is 1.48. The van der Waals surface area contributed by atoms with Gasteiger partial charge in [-0.05, 0) is 102 Å². The number of carbonyl (C=O) groups excluding carboxylic acids is 1. The number of hydrogen-bond donors (Lipinski definition) is 6. The minimum Gasteiger partial charge on any atom is -0.508 e. The van der Waals surface area contributed by atoms with E-state index in [4.69, 9.17) is 9.47 Å². The fourth-order valence-electron chi connectivity index (χ4n) is 6.28. The Morgan fingerprint density at radius 1 is 0.938 bits per heavy atom. The third-order valence-electron chi connectivity index (χ3n) is 8.59. The molecule has 256 valence electrons. The molecule has 11 heteroatoms. The van der Waals surface area contributed by atoms with Crippen molar-refractivity contribution in [2.75, 3.05) is 27.0 Å². The summed E-state index contributed by atoms with van der Waals surface area (Å²) in [6.07, 6.45) is 0.0793. The number of Topliss-reactive ketones (excluding diaryl/α,β-unsaturated/α-hetero) is 1. The number of methoxy groups -OCH3 is 1. The van der Waals surface area contributed by atoms with Crippen molar-refractivity contribution in [2.45, 2.75) is 62.8 Å². The molecule has 1 heterocycles. The topological polar surface area (TPSA) is 141 Å². The molecular formula is C37H44N2O7S2. The number of fused-ring (bicyclic) bond motifs is 5. The van der Waals surface area contributed by atoms with E-state index in [9.17, 15) is 25.2 Å². The number of aryl methyl sites for hydroxylation is 1. The Morgan fingerprint density at radius 3 is 2.52 bits per heavy atom. The van der Waals surface area contributed by atoms with Gasteiger partial charge in [0.25, 0.3) is 0 Å². The van der Waals surface area contributed by atoms with Crippen LogP contribution in [-0.2, 0) is 28.2 Å². The van der Waals surface area contributed by atoms with E-state index >= 15 is 0 Å². The van der Waals surface area contributed by atoms with Crippen LogP contribution in [0.5, 0.6) is 23.0 Å². The largest absolute Gasteiger partial charge is 0.508 e. The van der Waals surface area contributed by atoms with E-state index in [1.807, 2.05) is 37.4 Å². The van der Waals surface area contributed by atoms with Crippen LogP contribution in [0.25, 0.3) is 21.9 Å². The molecule has 0 saturated heterocycles. The van der Waals surface area contributed by atoms with Crippen molar-refractivity contribution < 1.29 is 34.7 Å². The first-order valence-corrected chi connectivity index (χ1v) is 18.6. The SMILES string of the molecule is CNCc1cc(O)cc([C@@H](NC)O[C@@H]2CC[C@H](O)CSSCc3c(ccc4ccc(O)cc34)-c3c(ccc(O)c3OC)CCC(=O)C2)c1. The number of aliphatic hydroxyl groups excluding tert-OH is 1. The summed E-state index contributed by atoms with van der Waals surface area (Å²) in [4.78, 5) is 13.6. The van der Waals surface area contributed by atoms with E-state index in [2.05, 4.69) is 10.6 Å². The highest BCUT2D eigenvalue weighted by molar-refractivity contribution is 8.76. The van der Waals surface area contributed by atoms with Gasteiger partial charge in [0.2, 0.25) is 0 Å². The van der Waals surface area contributed by atoms with E-state index in [1.165, 1.54) is 7.11 Å². The van der Waals surface area contributed by atoms with Crippen LogP contribution in [0, 0.1) is 0 Å². The quantitative estimate of drug-likeness (QED) is 0.0924. The van der Waals surface area contributed by atoms with Gasteiger partial charge in [-0.1, -0.05) is 51.9 Å². The zero-order chi connectivity index (χ0) is 34.2. The molecule has 0 unspecified atom stereocenters. The standard InChI is InChI=1S/C37H44N2O7S2/c1-38-19-22-14-25(16-29(43)15-22)37(39-2)46-30-11-10-28(42)20-47-48-21-33-31(12-6-23-4-8-27(41)18-32(23)33)35-24(5-9-26(40)17-30)7-13-34(44)36(35)45-3/h4,6-8,12-16,18,28,30,37-39,41-44H,5,9-11,17,19-21H2,1-3H3/t28-,30+,37-/m0/s1. The molecule has 4 aromatic rings. The molecule has 5 rings (SSSR count). The van der Waals surface area contributed by atoms with Crippen molar-refractivity contribution in [3.05, 3.63) is 82.9 Å². The molecule has 1 aliphatic heterocycles. The number of phenolic OH excluding ortho intramolecular Hbond substituents is 3. The van der Waals surface area contributed by atoms with Gasteiger partial charge in [0, 0.05) is 36.5 Å². The average Bonchev–Trinajstić information content (AvgIpc) is 3.06. The highest BCUT2D eigenvalue weighted by atomic mass is 33.1. The minimum absolute atomic E-state index is 0.000447. The number of phenols is 3. The Hall–Kier alpha value is -3.45. The van der Waals surface area contributed by atoms with E-state index in [0.29, 0.717) is 48.6 Å². The van der Waals surface area contributed by atoms with E-state index in [1.54, 1.807) is 59.0 Å². The van der Waals surface area contributed by atoms with Crippen molar-refractivity contribution in [2.24, 2.45) is 0 Å². The number of carbonyl (C=O) groups is 1. The maximum Gasteiger partial charge on any atom is 0.168 e. The van der Waals surface area contributed by atoms with Crippen LogP contribution in [0.15, 0.2) is 60.7 Å². The van der Waals surface area contributed by atoms with Crippen LogP contribution >= 0.6 is 21.6 Å². The molecule has 48 heavy (non-hydrogen) atoms. The molecule has 0 aliphatic carbocycles. The van der Waals surface area contributed by atoms with Crippen LogP contribution in [0.2, 0.25) is 0 Å². The van der Waals surface area contributed by atoms with Gasteiger partial charge >= 0.3 is 0 Å². The molecule has 6 N–H and O–H groups in total. The molecule has 0 bridgehead atoms. The minimum atomic E-state index is -0.610. The van der Waals surface area contributed by atoms with Crippen LogP contribution in [0.3, 0.4) is 0 Å². The smallest absolute Gasteiger partial charge is 0.168 e. The van der Waals surface area contributed by atoms with Gasteiger partial charge in [-0.25, -0.2) is 0 Å². The van der Waals surface area contributed by atoms with Crippen LogP contribution in [0.1, 0.15) is 54.2 Å². The summed E-state index contributed by atoms with van der Waals surface area (Å²) in [5, 5.41) is 50.7. The first-order valence-electron chi connectivity index (χ1n) is 16.1. The Bertz CT molecular complexity index is 1730. The summed E-state index contributed by atoms with van der Waals surface area (Å²) < 4.78 is 12.2. The third kappa shape index (κ3) is 8.76. The zero-order valence-electron chi connectivity index (χ0n) is 27.5. The number of nitrogens with one attached hydrogen (secondary N) is 2.